The van der Waals surface area contributed by atoms with Gasteiger partial charge in [0.25, 0.3) is 0 Å². The minimum Gasteiger partial charge on any atom is -0.462 e. The number of nitrogens with zero attached hydrogens (tertiary/aromatic N) is 4. The van der Waals surface area contributed by atoms with Gasteiger partial charge in [-0.05, 0) is 18.2 Å². The fourth-order valence-electron chi connectivity index (χ4n) is 2.37. The molecule has 2 aromatic rings. The first-order chi connectivity index (χ1) is 10.9. The van der Waals surface area contributed by atoms with Crippen LogP contribution in [-0.2, 0) is 4.74 Å². The van der Waals surface area contributed by atoms with Crippen molar-refractivity contribution in [3.05, 3.63) is 54.3 Å². The molecule has 2 N–H and O–H groups in total. The molecule has 1 aliphatic rings. The molecule has 1 atom stereocenters. The highest BCUT2D eigenvalue weighted by Gasteiger charge is 2.55. The van der Waals surface area contributed by atoms with Crippen LogP contribution in [0.2, 0.25) is 0 Å². The summed E-state index contributed by atoms with van der Waals surface area (Å²) in [7, 11) is 1.34. The van der Waals surface area contributed by atoms with Crippen molar-refractivity contribution in [1.29, 1.82) is 5.26 Å². The fourth-order valence-corrected chi connectivity index (χ4v) is 2.37. The lowest BCUT2D eigenvalue weighted by molar-refractivity contribution is -0.159. The average molecular weight is 318 g/mol. The summed E-state index contributed by atoms with van der Waals surface area (Å²) in [5, 5.41) is 13.1. The zero-order chi connectivity index (χ0) is 16.7. The molecule has 8 heteroatoms. The molecule has 2 heterocycles. The number of nitriles is 1. The van der Waals surface area contributed by atoms with Gasteiger partial charge < -0.3 is 10.5 Å². The van der Waals surface area contributed by atoms with Gasteiger partial charge in [0, 0.05) is 0 Å². The van der Waals surface area contributed by atoms with Gasteiger partial charge in [0.05, 0.1) is 30.6 Å². The van der Waals surface area contributed by atoms with E-state index in [4.69, 9.17) is 15.7 Å². The summed E-state index contributed by atoms with van der Waals surface area (Å²) in [4.78, 5) is 0. The van der Waals surface area contributed by atoms with Crippen LogP contribution in [0, 0.1) is 11.3 Å². The maximum atomic E-state index is 14.3. The van der Waals surface area contributed by atoms with Crippen molar-refractivity contribution >= 4 is 5.69 Å². The Balaban J connectivity index is 2.04. The third-order valence-corrected chi connectivity index (χ3v) is 3.82. The van der Waals surface area contributed by atoms with E-state index in [1.807, 2.05) is 6.07 Å². The summed E-state index contributed by atoms with van der Waals surface area (Å²) in [6, 6.07) is 5.56. The molecular weight excluding hydrogens is 304 g/mol. The Morgan fingerprint density at radius 3 is 3.00 bits per heavy atom. The number of benzene rings is 1. The van der Waals surface area contributed by atoms with Crippen LogP contribution in [-0.4, -0.2) is 29.5 Å². The van der Waals surface area contributed by atoms with Gasteiger partial charge >= 0.3 is 6.05 Å². The van der Waals surface area contributed by atoms with Gasteiger partial charge in [0.2, 0.25) is 12.5 Å². The number of likely N-dealkylation sites (N-methyl/N-ethyl adjacent to an activating group) is 1. The average Bonchev–Trinajstić information content (AvgIpc) is 3.02. The first-order valence-electron chi connectivity index (χ1n) is 6.77. The Labute approximate surface area is 131 Å². The molecule has 0 amide bonds. The molecule has 23 heavy (non-hydrogen) atoms. The molecule has 0 unspecified atom stereocenters. The fraction of sp³-hybridized carbons (Fsp3) is 0.200. The van der Waals surface area contributed by atoms with Crippen molar-refractivity contribution in [3.8, 4) is 11.8 Å². The Kier molecular flexibility index (Phi) is 3.30. The van der Waals surface area contributed by atoms with E-state index in [9.17, 15) is 8.78 Å². The Morgan fingerprint density at radius 2 is 2.26 bits per heavy atom. The first kappa shape index (κ1) is 15.0. The molecule has 0 saturated heterocycles. The summed E-state index contributed by atoms with van der Waals surface area (Å²) in [5.41, 5.74) is 6.87. The van der Waals surface area contributed by atoms with Gasteiger partial charge in [-0.15, -0.1) is 8.78 Å². The summed E-state index contributed by atoms with van der Waals surface area (Å²) in [6.07, 6.45) is 3.98. The molecular formula is C15H14F2N5O+. The number of rotatable bonds is 2. The van der Waals surface area contributed by atoms with Crippen molar-refractivity contribution in [2.24, 2.45) is 5.73 Å². The maximum Gasteiger partial charge on any atom is 0.433 e. The second kappa shape index (κ2) is 5.07. The molecule has 0 aliphatic carbocycles. The van der Waals surface area contributed by atoms with Crippen molar-refractivity contribution in [3.63, 3.8) is 0 Å². The SMILES string of the molecule is C[N@+]1(c2cnn(-c3cccc(C#N)c3)c2)C=C(N)OCC1(F)F. The molecule has 0 radical (unpaired) electrons. The monoisotopic (exact) mass is 318 g/mol. The van der Waals surface area contributed by atoms with Crippen LogP contribution in [0.4, 0.5) is 14.5 Å². The van der Waals surface area contributed by atoms with Crippen LogP contribution < -0.4 is 10.2 Å². The minimum absolute atomic E-state index is 0.0577. The summed E-state index contributed by atoms with van der Waals surface area (Å²) in [6.45, 7) is -0.805. The number of hydrogen-bond donors (Lipinski definition) is 1. The minimum atomic E-state index is -3.18. The summed E-state index contributed by atoms with van der Waals surface area (Å²) in [5.74, 6) is -0.0577. The van der Waals surface area contributed by atoms with Gasteiger partial charge in [-0.2, -0.15) is 14.8 Å². The number of hydrogen-bond acceptors (Lipinski definition) is 4. The van der Waals surface area contributed by atoms with Crippen LogP contribution in [0.25, 0.3) is 5.69 Å². The summed E-state index contributed by atoms with van der Waals surface area (Å²) < 4.78 is 34.0. The molecule has 118 valence electrons. The third kappa shape index (κ3) is 2.41. The molecule has 1 aliphatic heterocycles. The lowest BCUT2D eigenvalue weighted by Gasteiger charge is -2.38. The van der Waals surface area contributed by atoms with Gasteiger partial charge in [-0.1, -0.05) is 6.07 Å². The number of aromatic nitrogens is 2. The second-order valence-corrected chi connectivity index (χ2v) is 5.37. The molecule has 0 saturated carbocycles. The molecule has 0 spiro atoms. The van der Waals surface area contributed by atoms with Crippen molar-refractivity contribution in [2.75, 3.05) is 13.7 Å². The molecule has 0 fully saturated rings. The van der Waals surface area contributed by atoms with Crippen LogP contribution >= 0.6 is 0 Å². The van der Waals surface area contributed by atoms with Gasteiger partial charge in [0.1, 0.15) is 6.20 Å². The third-order valence-electron chi connectivity index (χ3n) is 3.82. The van der Waals surface area contributed by atoms with Crippen molar-refractivity contribution in [2.45, 2.75) is 6.05 Å². The quantitative estimate of drug-likeness (QED) is 0.679. The number of nitrogens with two attached hydrogens (primary N) is 1. The lowest BCUT2D eigenvalue weighted by atomic mass is 10.2. The van der Waals surface area contributed by atoms with Gasteiger partial charge in [-0.3, -0.25) is 0 Å². The number of alkyl halides is 2. The van der Waals surface area contributed by atoms with Crippen molar-refractivity contribution < 1.29 is 13.5 Å². The van der Waals surface area contributed by atoms with Gasteiger partial charge in [-0.25, -0.2) is 4.68 Å². The highest BCUT2D eigenvalue weighted by Crippen LogP contribution is 2.38. The van der Waals surface area contributed by atoms with Crippen molar-refractivity contribution in [1.82, 2.24) is 14.3 Å². The second-order valence-electron chi connectivity index (χ2n) is 5.37. The number of ether oxygens (including phenoxy) is 1. The van der Waals surface area contributed by atoms with Crippen LogP contribution in [0.3, 0.4) is 0 Å². The standard InChI is InChI=1S/C15H14F2N5O/c1-22(9-14(19)23-10-15(22,16)17)13-7-20-21(8-13)12-4-2-3-11(5-12)6-18/h2-5,7-9H,10,19H2,1H3/q+1/t22-/m1/s1. The van der Waals surface area contributed by atoms with Gasteiger partial charge in [0.15, 0.2) is 11.9 Å². The van der Waals surface area contributed by atoms with E-state index in [1.165, 1.54) is 24.1 Å². The summed E-state index contributed by atoms with van der Waals surface area (Å²) >= 11 is 0. The van der Waals surface area contributed by atoms with E-state index in [-0.39, 0.29) is 11.6 Å². The van der Waals surface area contributed by atoms with E-state index in [0.29, 0.717) is 11.3 Å². The largest absolute Gasteiger partial charge is 0.462 e. The molecule has 6 nitrogen and oxygen atoms in total. The maximum absolute atomic E-state index is 14.3. The van der Waals surface area contributed by atoms with E-state index >= 15 is 0 Å². The predicted molar refractivity (Wildman–Crippen MR) is 79.2 cm³/mol. The zero-order valence-corrected chi connectivity index (χ0v) is 12.3. The lowest BCUT2D eigenvalue weighted by Crippen LogP contribution is -2.59. The number of quaternary nitrogens is 1. The first-order valence-corrected chi connectivity index (χ1v) is 6.77. The van der Waals surface area contributed by atoms with E-state index in [1.54, 1.807) is 24.3 Å². The van der Waals surface area contributed by atoms with Crippen LogP contribution in [0.5, 0.6) is 0 Å². The highest BCUT2D eigenvalue weighted by atomic mass is 19.3. The Hall–Kier alpha value is -2.92. The normalized spacial score (nSPS) is 22.8. The molecule has 1 aromatic heterocycles. The highest BCUT2D eigenvalue weighted by molar-refractivity contribution is 5.47. The van der Waals surface area contributed by atoms with E-state index in [0.717, 1.165) is 6.20 Å². The molecule has 1 aromatic carbocycles. The topological polar surface area (TPSA) is 76.9 Å². The predicted octanol–water partition coefficient (Wildman–Crippen LogP) is 2.06. The molecule has 0 bridgehead atoms. The van der Waals surface area contributed by atoms with E-state index in [2.05, 4.69) is 5.10 Å². The number of halogens is 2. The molecule has 3 rings (SSSR count). The Bertz CT molecular complexity index is 823. The van der Waals surface area contributed by atoms with E-state index < -0.39 is 17.1 Å². The Morgan fingerprint density at radius 1 is 1.48 bits per heavy atom. The smallest absolute Gasteiger partial charge is 0.433 e. The van der Waals surface area contributed by atoms with Crippen LogP contribution in [0.15, 0.2) is 48.7 Å². The zero-order valence-electron chi connectivity index (χ0n) is 12.3. The van der Waals surface area contributed by atoms with Crippen LogP contribution in [0.1, 0.15) is 5.56 Å².